The third-order valence-corrected chi connectivity index (χ3v) is 4.23. The van der Waals surface area contributed by atoms with Crippen LogP contribution in [0.4, 0.5) is 0 Å². The number of hydrogen-bond acceptors (Lipinski definition) is 5. The molecule has 1 N–H and O–H groups in total. The minimum absolute atomic E-state index is 0.171. The van der Waals surface area contributed by atoms with Gasteiger partial charge in [-0.2, -0.15) is 10.2 Å². The molecule has 0 unspecified atom stereocenters. The number of pyridine rings is 1. The van der Waals surface area contributed by atoms with Crippen LogP contribution in [0.5, 0.6) is 0 Å². The summed E-state index contributed by atoms with van der Waals surface area (Å²) in [7, 11) is 1.80. The van der Waals surface area contributed by atoms with Crippen molar-refractivity contribution in [2.24, 2.45) is 7.05 Å². The van der Waals surface area contributed by atoms with Gasteiger partial charge in [0.1, 0.15) is 5.52 Å². The summed E-state index contributed by atoms with van der Waals surface area (Å²) in [5.41, 5.74) is 1.79. The number of aryl methyl sites for hydroxylation is 1. The quantitative estimate of drug-likeness (QED) is 0.596. The highest BCUT2D eigenvalue weighted by Crippen LogP contribution is 2.11. The van der Waals surface area contributed by atoms with Crippen molar-refractivity contribution >= 4 is 27.7 Å². The normalized spacial score (nSPS) is 11.1. The molecular weight excluding hydrogens is 332 g/mol. The first-order valence-corrected chi connectivity index (χ1v) is 8.14. The molecule has 0 saturated carbocycles. The predicted molar refractivity (Wildman–Crippen MR) is 96.8 cm³/mol. The average Bonchev–Trinajstić information content (AvgIpc) is 3.04. The Labute approximate surface area is 148 Å². The number of amides is 1. The Balaban J connectivity index is 1.47. The van der Waals surface area contributed by atoms with Gasteiger partial charge in [0.2, 0.25) is 0 Å². The summed E-state index contributed by atoms with van der Waals surface area (Å²) in [5, 5.41) is 12.5. The number of benzene rings is 1. The molecule has 8 nitrogen and oxygen atoms in total. The van der Waals surface area contributed by atoms with Crippen LogP contribution in [0.3, 0.4) is 0 Å². The van der Waals surface area contributed by atoms with Gasteiger partial charge in [-0.05, 0) is 12.1 Å². The van der Waals surface area contributed by atoms with E-state index in [0.717, 1.165) is 16.4 Å². The van der Waals surface area contributed by atoms with Gasteiger partial charge < -0.3 is 5.32 Å². The number of hydrogen-bond donors (Lipinski definition) is 1. The zero-order valence-electron chi connectivity index (χ0n) is 14.1. The average molecular weight is 348 g/mol. The summed E-state index contributed by atoms with van der Waals surface area (Å²) in [6.07, 6.45) is 4.81. The van der Waals surface area contributed by atoms with Crippen LogP contribution in [-0.4, -0.2) is 37.0 Å². The Bertz CT molecular complexity index is 1180. The van der Waals surface area contributed by atoms with Crippen molar-refractivity contribution in [3.63, 3.8) is 0 Å². The van der Waals surface area contributed by atoms with Gasteiger partial charge in [0.05, 0.1) is 35.4 Å². The third-order valence-electron chi connectivity index (χ3n) is 4.23. The van der Waals surface area contributed by atoms with Gasteiger partial charge in [0.25, 0.3) is 11.5 Å². The SMILES string of the molecule is Cn1ncc2ncc(C(=O)NCCn3ncc4ccccc4c3=O)cc21. The first-order valence-electron chi connectivity index (χ1n) is 8.14. The Kier molecular flexibility index (Phi) is 3.92. The van der Waals surface area contributed by atoms with Gasteiger partial charge in [-0.15, -0.1) is 0 Å². The lowest BCUT2D eigenvalue weighted by Crippen LogP contribution is -2.32. The topological polar surface area (TPSA) is 94.7 Å². The van der Waals surface area contributed by atoms with Crippen LogP contribution < -0.4 is 10.9 Å². The van der Waals surface area contributed by atoms with Gasteiger partial charge in [-0.3, -0.25) is 19.3 Å². The highest BCUT2D eigenvalue weighted by molar-refractivity contribution is 5.96. The molecule has 0 spiro atoms. The van der Waals surface area contributed by atoms with Gasteiger partial charge in [0, 0.05) is 25.2 Å². The van der Waals surface area contributed by atoms with Gasteiger partial charge >= 0.3 is 0 Å². The second kappa shape index (κ2) is 6.40. The molecular formula is C18H16N6O2. The molecule has 3 aromatic heterocycles. The lowest BCUT2D eigenvalue weighted by atomic mass is 10.2. The monoisotopic (exact) mass is 348 g/mol. The first-order chi connectivity index (χ1) is 12.6. The van der Waals surface area contributed by atoms with Crippen molar-refractivity contribution in [2.45, 2.75) is 6.54 Å². The second-order valence-corrected chi connectivity index (χ2v) is 5.91. The van der Waals surface area contributed by atoms with Crippen molar-refractivity contribution in [3.8, 4) is 0 Å². The Morgan fingerprint density at radius 2 is 2.00 bits per heavy atom. The largest absolute Gasteiger partial charge is 0.350 e. The molecule has 1 aromatic carbocycles. The molecule has 1 amide bonds. The van der Waals surface area contributed by atoms with Crippen LogP contribution in [0.25, 0.3) is 21.8 Å². The van der Waals surface area contributed by atoms with Gasteiger partial charge in [-0.1, -0.05) is 18.2 Å². The fourth-order valence-corrected chi connectivity index (χ4v) is 2.81. The minimum atomic E-state index is -0.255. The molecule has 0 atom stereocenters. The maximum atomic E-state index is 12.4. The Morgan fingerprint density at radius 1 is 1.15 bits per heavy atom. The minimum Gasteiger partial charge on any atom is -0.350 e. The number of nitrogens with one attached hydrogen (secondary N) is 1. The number of carbonyl (C=O) groups is 1. The van der Waals surface area contributed by atoms with E-state index >= 15 is 0 Å². The molecule has 0 aliphatic carbocycles. The summed E-state index contributed by atoms with van der Waals surface area (Å²) in [5.74, 6) is -0.255. The predicted octanol–water partition coefficient (Wildman–Crippen LogP) is 1.11. The van der Waals surface area contributed by atoms with Crippen LogP contribution in [0, 0.1) is 0 Å². The summed E-state index contributed by atoms with van der Waals surface area (Å²) in [6, 6.07) is 9.03. The Hall–Kier alpha value is -3.55. The molecule has 4 aromatic rings. The molecule has 26 heavy (non-hydrogen) atoms. The highest BCUT2D eigenvalue weighted by Gasteiger charge is 2.10. The molecule has 8 heteroatoms. The zero-order chi connectivity index (χ0) is 18.1. The van der Waals surface area contributed by atoms with Gasteiger partial charge in [-0.25, -0.2) is 4.68 Å². The van der Waals surface area contributed by atoms with E-state index in [9.17, 15) is 9.59 Å². The number of fused-ring (bicyclic) bond motifs is 2. The number of carbonyl (C=O) groups excluding carboxylic acids is 1. The van der Waals surface area contributed by atoms with Crippen LogP contribution in [0.15, 0.2) is 53.7 Å². The standard InChI is InChI=1S/C18H16N6O2/c1-23-16-8-13(9-20-15(16)11-21-23)17(25)19-6-7-24-18(26)14-5-3-2-4-12(14)10-22-24/h2-5,8-11H,6-7H2,1H3,(H,19,25). The Morgan fingerprint density at radius 3 is 2.88 bits per heavy atom. The summed E-state index contributed by atoms with van der Waals surface area (Å²) >= 11 is 0. The highest BCUT2D eigenvalue weighted by atomic mass is 16.2. The molecule has 4 rings (SSSR count). The number of aromatic nitrogens is 5. The van der Waals surface area contributed by atoms with E-state index in [2.05, 4.69) is 20.5 Å². The molecule has 0 saturated heterocycles. The fourth-order valence-electron chi connectivity index (χ4n) is 2.81. The summed E-state index contributed by atoms with van der Waals surface area (Å²) < 4.78 is 3.02. The van der Waals surface area contributed by atoms with Crippen LogP contribution in [-0.2, 0) is 13.6 Å². The van der Waals surface area contributed by atoms with Crippen molar-refractivity contribution < 1.29 is 4.79 Å². The van der Waals surface area contributed by atoms with E-state index in [4.69, 9.17) is 0 Å². The summed E-state index contributed by atoms with van der Waals surface area (Å²) in [4.78, 5) is 28.9. The van der Waals surface area contributed by atoms with Crippen LogP contribution in [0.1, 0.15) is 10.4 Å². The lowest BCUT2D eigenvalue weighted by Gasteiger charge is -2.08. The van der Waals surface area contributed by atoms with Crippen LogP contribution in [0.2, 0.25) is 0 Å². The zero-order valence-corrected chi connectivity index (χ0v) is 14.1. The number of nitrogens with zero attached hydrogens (tertiary/aromatic N) is 5. The second-order valence-electron chi connectivity index (χ2n) is 5.91. The molecule has 3 heterocycles. The van der Waals surface area contributed by atoms with E-state index in [1.165, 1.54) is 10.9 Å². The van der Waals surface area contributed by atoms with E-state index < -0.39 is 0 Å². The van der Waals surface area contributed by atoms with Crippen molar-refractivity contribution in [3.05, 3.63) is 64.8 Å². The molecule has 130 valence electrons. The molecule has 0 radical (unpaired) electrons. The number of rotatable bonds is 4. The first kappa shape index (κ1) is 15.9. The summed E-state index contributed by atoms with van der Waals surface area (Å²) in [6.45, 7) is 0.574. The van der Waals surface area contributed by atoms with Crippen molar-refractivity contribution in [2.75, 3.05) is 6.54 Å². The van der Waals surface area contributed by atoms with Crippen LogP contribution >= 0.6 is 0 Å². The third kappa shape index (κ3) is 2.81. The van der Waals surface area contributed by atoms with E-state index in [0.29, 0.717) is 10.9 Å². The van der Waals surface area contributed by atoms with E-state index in [1.54, 1.807) is 36.3 Å². The smallest absolute Gasteiger partial charge is 0.274 e. The van der Waals surface area contributed by atoms with Crippen molar-refractivity contribution in [1.82, 2.24) is 29.9 Å². The molecule has 0 aliphatic heterocycles. The van der Waals surface area contributed by atoms with Crippen molar-refractivity contribution in [1.29, 1.82) is 0 Å². The maximum Gasteiger partial charge on any atom is 0.274 e. The maximum absolute atomic E-state index is 12.4. The fraction of sp³-hybridized carbons (Fsp3) is 0.167. The molecule has 0 bridgehead atoms. The van der Waals surface area contributed by atoms with E-state index in [-0.39, 0.29) is 24.6 Å². The molecule has 0 aliphatic rings. The van der Waals surface area contributed by atoms with Gasteiger partial charge in [0.15, 0.2) is 0 Å². The lowest BCUT2D eigenvalue weighted by molar-refractivity contribution is 0.0951. The van der Waals surface area contributed by atoms with E-state index in [1.807, 2.05) is 18.2 Å². The molecule has 0 fully saturated rings.